The third kappa shape index (κ3) is 2.84. The molecule has 1 aliphatic rings. The van der Waals surface area contributed by atoms with Crippen LogP contribution in [0, 0.1) is 17.0 Å². The first-order chi connectivity index (χ1) is 12.9. The predicted molar refractivity (Wildman–Crippen MR) is 91.8 cm³/mol. The summed E-state index contributed by atoms with van der Waals surface area (Å²) in [5, 5.41) is 18.7. The highest BCUT2D eigenvalue weighted by molar-refractivity contribution is 6.21. The smallest absolute Gasteiger partial charge is 0.270 e. The molecule has 0 N–H and O–H groups in total. The molecule has 9 heteroatoms. The van der Waals surface area contributed by atoms with E-state index >= 15 is 0 Å². The second kappa shape index (κ2) is 6.13. The summed E-state index contributed by atoms with van der Waals surface area (Å²) in [4.78, 5) is 36.1. The van der Waals surface area contributed by atoms with E-state index in [0.717, 1.165) is 22.1 Å². The van der Waals surface area contributed by atoms with Crippen LogP contribution in [0.5, 0.6) is 0 Å². The van der Waals surface area contributed by atoms with Gasteiger partial charge in [0.05, 0.1) is 16.1 Å². The van der Waals surface area contributed by atoms with Gasteiger partial charge in [0.25, 0.3) is 17.5 Å². The van der Waals surface area contributed by atoms with Gasteiger partial charge in [-0.2, -0.15) is 0 Å². The van der Waals surface area contributed by atoms with E-state index in [-0.39, 0.29) is 35.1 Å². The molecule has 1 aromatic heterocycles. The minimum atomic E-state index is -0.631. The van der Waals surface area contributed by atoms with Gasteiger partial charge in [-0.05, 0) is 25.1 Å². The van der Waals surface area contributed by atoms with Crippen molar-refractivity contribution in [3.05, 3.63) is 75.2 Å². The largest absolute Gasteiger partial charge is 0.419 e. The summed E-state index contributed by atoms with van der Waals surface area (Å²) < 4.78 is 5.55. The fourth-order valence-corrected chi connectivity index (χ4v) is 2.80. The topological polar surface area (TPSA) is 119 Å². The van der Waals surface area contributed by atoms with Crippen LogP contribution in [0.1, 0.15) is 32.2 Å². The summed E-state index contributed by atoms with van der Waals surface area (Å²) in [6, 6.07) is 11.0. The summed E-state index contributed by atoms with van der Waals surface area (Å²) in [5.74, 6) is -0.819. The van der Waals surface area contributed by atoms with E-state index in [1.54, 1.807) is 0 Å². The maximum absolute atomic E-state index is 12.5. The molecule has 0 bridgehead atoms. The van der Waals surface area contributed by atoms with E-state index in [0.29, 0.717) is 0 Å². The molecule has 0 atom stereocenters. The van der Waals surface area contributed by atoms with Crippen molar-refractivity contribution >= 4 is 17.5 Å². The fourth-order valence-electron chi connectivity index (χ4n) is 2.80. The van der Waals surface area contributed by atoms with Crippen LogP contribution in [0.4, 0.5) is 5.69 Å². The van der Waals surface area contributed by atoms with Gasteiger partial charge in [0.2, 0.25) is 11.8 Å². The number of fused-ring (bicyclic) bond motifs is 1. The molecule has 1 aliphatic heterocycles. The Morgan fingerprint density at radius 1 is 1.04 bits per heavy atom. The number of carbonyl (C=O) groups is 2. The Balaban J connectivity index is 1.58. The quantitative estimate of drug-likeness (QED) is 0.396. The highest BCUT2D eigenvalue weighted by Crippen LogP contribution is 2.28. The zero-order valence-corrected chi connectivity index (χ0v) is 14.1. The first-order valence-corrected chi connectivity index (χ1v) is 7.98. The lowest BCUT2D eigenvalue weighted by atomic mass is 10.1. The molecule has 0 saturated heterocycles. The molecule has 2 amide bonds. The highest BCUT2D eigenvalue weighted by atomic mass is 16.6. The normalized spacial score (nSPS) is 13.1. The lowest BCUT2D eigenvalue weighted by Gasteiger charge is -2.10. The second-order valence-electron chi connectivity index (χ2n) is 6.05. The molecule has 0 spiro atoms. The van der Waals surface area contributed by atoms with E-state index in [4.69, 9.17) is 4.42 Å². The van der Waals surface area contributed by atoms with Gasteiger partial charge in [0.15, 0.2) is 0 Å². The third-order valence-corrected chi connectivity index (χ3v) is 4.22. The average Bonchev–Trinajstić information content (AvgIpc) is 3.21. The Hall–Kier alpha value is -3.88. The third-order valence-electron chi connectivity index (χ3n) is 4.22. The van der Waals surface area contributed by atoms with E-state index < -0.39 is 16.7 Å². The van der Waals surface area contributed by atoms with Gasteiger partial charge in [-0.3, -0.25) is 24.6 Å². The lowest BCUT2D eigenvalue weighted by molar-refractivity contribution is -0.384. The Bertz CT molecular complexity index is 1090. The van der Waals surface area contributed by atoms with Crippen molar-refractivity contribution in [3.8, 4) is 11.5 Å². The summed E-state index contributed by atoms with van der Waals surface area (Å²) >= 11 is 0. The minimum Gasteiger partial charge on any atom is -0.419 e. The summed E-state index contributed by atoms with van der Waals surface area (Å²) in [7, 11) is 0. The van der Waals surface area contributed by atoms with Gasteiger partial charge in [-0.1, -0.05) is 17.7 Å². The number of rotatable bonds is 4. The van der Waals surface area contributed by atoms with Gasteiger partial charge in [0, 0.05) is 17.7 Å². The number of hydrogen-bond donors (Lipinski definition) is 0. The van der Waals surface area contributed by atoms with Crippen molar-refractivity contribution < 1.29 is 18.9 Å². The molecule has 0 saturated carbocycles. The number of benzene rings is 2. The monoisotopic (exact) mass is 364 g/mol. The molecule has 0 fully saturated rings. The average molecular weight is 364 g/mol. The molecule has 134 valence electrons. The molecule has 9 nitrogen and oxygen atoms in total. The van der Waals surface area contributed by atoms with Crippen LogP contribution < -0.4 is 0 Å². The van der Waals surface area contributed by atoms with Crippen molar-refractivity contribution in [1.29, 1.82) is 0 Å². The highest BCUT2D eigenvalue weighted by Gasteiger charge is 2.37. The van der Waals surface area contributed by atoms with Crippen molar-refractivity contribution in [2.75, 3.05) is 0 Å². The number of non-ortho nitro benzene ring substituents is 1. The Kier molecular flexibility index (Phi) is 3.76. The van der Waals surface area contributed by atoms with Gasteiger partial charge < -0.3 is 4.42 Å². The van der Waals surface area contributed by atoms with Gasteiger partial charge in [-0.25, -0.2) is 0 Å². The number of aryl methyl sites for hydroxylation is 1. The summed E-state index contributed by atoms with van der Waals surface area (Å²) in [6.07, 6.45) is 0. The van der Waals surface area contributed by atoms with E-state index in [9.17, 15) is 19.7 Å². The molecule has 0 unspecified atom stereocenters. The van der Waals surface area contributed by atoms with Gasteiger partial charge >= 0.3 is 0 Å². The van der Waals surface area contributed by atoms with Crippen molar-refractivity contribution in [3.63, 3.8) is 0 Å². The fraction of sp³-hybridized carbons (Fsp3) is 0.111. The molecule has 0 radical (unpaired) electrons. The first-order valence-electron chi connectivity index (χ1n) is 7.98. The molecule has 4 rings (SSSR count). The number of nitro groups is 1. The molecular formula is C18H12N4O5. The molecular weight excluding hydrogens is 352 g/mol. The molecule has 3 aromatic rings. The Morgan fingerprint density at radius 3 is 2.44 bits per heavy atom. The standard InChI is InChI=1S/C18H12N4O5/c1-10-2-4-11(5-3-10)16-20-19-15(27-16)9-21-17(23)13-7-6-12(22(25)26)8-14(13)18(21)24/h2-8H,9H2,1H3. The molecule has 2 heterocycles. The molecule has 27 heavy (non-hydrogen) atoms. The van der Waals surface area contributed by atoms with E-state index in [1.165, 1.54) is 12.1 Å². The number of nitro benzene ring substituents is 1. The Labute approximate surface area is 152 Å². The molecule has 2 aromatic carbocycles. The van der Waals surface area contributed by atoms with Crippen LogP contribution in [-0.2, 0) is 6.54 Å². The van der Waals surface area contributed by atoms with E-state index in [1.807, 2.05) is 31.2 Å². The van der Waals surface area contributed by atoms with Crippen LogP contribution in [0.3, 0.4) is 0 Å². The second-order valence-corrected chi connectivity index (χ2v) is 6.05. The van der Waals surface area contributed by atoms with Crippen molar-refractivity contribution in [2.24, 2.45) is 0 Å². The maximum Gasteiger partial charge on any atom is 0.270 e. The van der Waals surface area contributed by atoms with Crippen LogP contribution in [0.2, 0.25) is 0 Å². The van der Waals surface area contributed by atoms with Crippen molar-refractivity contribution in [1.82, 2.24) is 15.1 Å². The number of imide groups is 1. The SMILES string of the molecule is Cc1ccc(-c2nnc(CN3C(=O)c4ccc([N+](=O)[O-])cc4C3=O)o2)cc1. The van der Waals surface area contributed by atoms with Crippen LogP contribution in [-0.4, -0.2) is 31.8 Å². The van der Waals surface area contributed by atoms with Crippen LogP contribution >= 0.6 is 0 Å². The number of carbonyl (C=O) groups excluding carboxylic acids is 2. The Morgan fingerprint density at radius 2 is 1.74 bits per heavy atom. The maximum atomic E-state index is 12.5. The van der Waals surface area contributed by atoms with Gasteiger partial charge in [-0.15, -0.1) is 10.2 Å². The number of amides is 2. The molecule has 0 aliphatic carbocycles. The summed E-state index contributed by atoms with van der Waals surface area (Å²) in [6.45, 7) is 1.74. The lowest BCUT2D eigenvalue weighted by Crippen LogP contribution is -2.29. The van der Waals surface area contributed by atoms with E-state index in [2.05, 4.69) is 10.2 Å². The van der Waals surface area contributed by atoms with Crippen LogP contribution in [0.25, 0.3) is 11.5 Å². The van der Waals surface area contributed by atoms with Crippen molar-refractivity contribution in [2.45, 2.75) is 13.5 Å². The first kappa shape index (κ1) is 16.6. The van der Waals surface area contributed by atoms with Crippen LogP contribution in [0.15, 0.2) is 46.9 Å². The van der Waals surface area contributed by atoms with Gasteiger partial charge in [0.1, 0.15) is 6.54 Å². The number of aromatic nitrogens is 2. The number of hydrogen-bond acceptors (Lipinski definition) is 7. The summed E-state index contributed by atoms with van der Waals surface area (Å²) in [5.41, 5.74) is 1.66. The zero-order chi connectivity index (χ0) is 19.1. The predicted octanol–water partition coefficient (Wildman–Crippen LogP) is 2.75. The minimum absolute atomic E-state index is 0.00697. The number of nitrogens with zero attached hydrogens (tertiary/aromatic N) is 4. The zero-order valence-electron chi connectivity index (χ0n) is 14.1.